The normalized spacial score (nSPS) is 11.2. The molecule has 1 atom stereocenters. The maximum Gasteiger partial charge on any atom is 0.0548 e. The van der Waals surface area contributed by atoms with Crippen molar-refractivity contribution in [2.75, 3.05) is 6.61 Å². The second-order valence-electron chi connectivity index (χ2n) is 2.54. The zero-order chi connectivity index (χ0) is 6.57. The maximum absolute atomic E-state index is 5.19. The monoisotopic (exact) mass is 115 g/mol. The molecule has 0 aliphatic rings. The average molecular weight is 115 g/mol. The topological polar surface area (TPSA) is 9.23 Å². The van der Waals surface area contributed by atoms with E-state index in [9.17, 15) is 0 Å². The van der Waals surface area contributed by atoms with E-state index in [1.807, 2.05) is 6.92 Å². The summed E-state index contributed by atoms with van der Waals surface area (Å²) in [7, 11) is 0. The molecular weight excluding hydrogens is 100 g/mol. The lowest BCUT2D eigenvalue weighted by Gasteiger charge is -2.08. The van der Waals surface area contributed by atoms with Gasteiger partial charge in [-0.1, -0.05) is 13.8 Å². The molecule has 1 radical (unpaired) electrons. The van der Waals surface area contributed by atoms with Gasteiger partial charge in [0.2, 0.25) is 0 Å². The Morgan fingerprint density at radius 1 is 1.38 bits per heavy atom. The van der Waals surface area contributed by atoms with Gasteiger partial charge in [0, 0.05) is 6.61 Å². The Hall–Kier alpha value is -0.0400. The van der Waals surface area contributed by atoms with E-state index in [2.05, 4.69) is 20.8 Å². The lowest BCUT2D eigenvalue weighted by Crippen LogP contribution is -2.08. The summed E-state index contributed by atoms with van der Waals surface area (Å²) in [4.78, 5) is 0. The molecule has 0 heterocycles. The van der Waals surface area contributed by atoms with Gasteiger partial charge in [-0.2, -0.15) is 0 Å². The number of hydrogen-bond acceptors (Lipinski definition) is 1. The van der Waals surface area contributed by atoms with Crippen LogP contribution in [0, 0.1) is 12.8 Å². The van der Waals surface area contributed by atoms with Crippen molar-refractivity contribution in [1.82, 2.24) is 0 Å². The summed E-state index contributed by atoms with van der Waals surface area (Å²) in [6, 6.07) is 0. The Kier molecular flexibility index (Phi) is 3.88. The third-order valence-electron chi connectivity index (χ3n) is 0.714. The quantitative estimate of drug-likeness (QED) is 0.545. The molecule has 0 aromatic heterocycles. The Labute approximate surface area is 52.0 Å². The highest BCUT2D eigenvalue weighted by atomic mass is 16.5. The van der Waals surface area contributed by atoms with Crippen molar-refractivity contribution in [2.24, 2.45) is 5.92 Å². The molecule has 49 valence electrons. The first-order chi connectivity index (χ1) is 3.63. The molecule has 0 aliphatic carbocycles. The van der Waals surface area contributed by atoms with E-state index in [-0.39, 0.29) is 6.10 Å². The van der Waals surface area contributed by atoms with Crippen molar-refractivity contribution in [3.8, 4) is 0 Å². The summed E-state index contributed by atoms with van der Waals surface area (Å²) >= 11 is 0. The minimum absolute atomic E-state index is 0.136. The molecule has 0 aromatic rings. The lowest BCUT2D eigenvalue weighted by molar-refractivity contribution is 0.0746. The molecule has 0 rings (SSSR count). The largest absolute Gasteiger partial charge is 0.378 e. The predicted molar refractivity (Wildman–Crippen MR) is 35.6 cm³/mol. The van der Waals surface area contributed by atoms with Crippen molar-refractivity contribution in [1.29, 1.82) is 0 Å². The Bertz CT molecular complexity index is 40.3. The zero-order valence-corrected chi connectivity index (χ0v) is 5.98. The van der Waals surface area contributed by atoms with Crippen molar-refractivity contribution in [3.63, 3.8) is 0 Å². The molecule has 0 aromatic carbocycles. The van der Waals surface area contributed by atoms with Gasteiger partial charge >= 0.3 is 0 Å². The Morgan fingerprint density at radius 2 is 1.88 bits per heavy atom. The summed E-state index contributed by atoms with van der Waals surface area (Å²) in [5, 5.41) is 0. The van der Waals surface area contributed by atoms with Crippen LogP contribution in [0.25, 0.3) is 0 Å². The van der Waals surface area contributed by atoms with Crippen molar-refractivity contribution in [3.05, 3.63) is 6.92 Å². The molecule has 0 saturated heterocycles. The highest BCUT2D eigenvalue weighted by Gasteiger charge is 1.94. The maximum atomic E-state index is 5.19. The van der Waals surface area contributed by atoms with Crippen LogP contribution >= 0.6 is 0 Å². The first kappa shape index (κ1) is 7.96. The molecule has 0 N–H and O–H groups in total. The number of hydrogen-bond donors (Lipinski definition) is 0. The van der Waals surface area contributed by atoms with Crippen LogP contribution in [-0.4, -0.2) is 12.7 Å². The van der Waals surface area contributed by atoms with Gasteiger partial charge in [-0.15, -0.1) is 0 Å². The van der Waals surface area contributed by atoms with Gasteiger partial charge in [0.05, 0.1) is 6.10 Å². The van der Waals surface area contributed by atoms with E-state index >= 15 is 0 Å². The van der Waals surface area contributed by atoms with Crippen LogP contribution in [0.5, 0.6) is 0 Å². The second-order valence-corrected chi connectivity index (χ2v) is 2.54. The minimum atomic E-state index is 0.136. The molecule has 0 saturated carbocycles. The molecular formula is C7H15O. The fraction of sp³-hybridized carbons (Fsp3) is 0.857. The van der Waals surface area contributed by atoms with Crippen LogP contribution in [0.3, 0.4) is 0 Å². The van der Waals surface area contributed by atoms with E-state index in [0.29, 0.717) is 5.92 Å². The van der Waals surface area contributed by atoms with E-state index in [0.717, 1.165) is 6.61 Å². The van der Waals surface area contributed by atoms with Gasteiger partial charge in [0.15, 0.2) is 0 Å². The third-order valence-corrected chi connectivity index (χ3v) is 0.714. The lowest BCUT2D eigenvalue weighted by atomic mass is 10.2. The number of ether oxygens (including phenoxy) is 1. The van der Waals surface area contributed by atoms with E-state index in [4.69, 9.17) is 4.74 Å². The SMILES string of the molecule is [CH2]C(C)OCC(C)C. The van der Waals surface area contributed by atoms with Gasteiger partial charge < -0.3 is 4.74 Å². The average Bonchev–Trinajstić information content (AvgIpc) is 1.61. The van der Waals surface area contributed by atoms with Crippen LogP contribution < -0.4 is 0 Å². The van der Waals surface area contributed by atoms with Crippen LogP contribution in [0.1, 0.15) is 20.8 Å². The van der Waals surface area contributed by atoms with Gasteiger partial charge in [-0.25, -0.2) is 0 Å². The summed E-state index contributed by atoms with van der Waals surface area (Å²) in [6.45, 7) is 10.7. The second kappa shape index (κ2) is 3.90. The van der Waals surface area contributed by atoms with E-state index in [1.54, 1.807) is 0 Å². The van der Waals surface area contributed by atoms with Crippen LogP contribution in [0.2, 0.25) is 0 Å². The van der Waals surface area contributed by atoms with E-state index < -0.39 is 0 Å². The predicted octanol–water partition coefficient (Wildman–Crippen LogP) is 1.88. The molecule has 1 heteroatoms. The van der Waals surface area contributed by atoms with Crippen LogP contribution in [-0.2, 0) is 4.74 Å². The van der Waals surface area contributed by atoms with Gasteiger partial charge in [-0.3, -0.25) is 0 Å². The van der Waals surface area contributed by atoms with Crippen LogP contribution in [0.15, 0.2) is 0 Å². The highest BCUT2D eigenvalue weighted by molar-refractivity contribution is 4.50. The van der Waals surface area contributed by atoms with Crippen molar-refractivity contribution >= 4 is 0 Å². The summed E-state index contributed by atoms with van der Waals surface area (Å²) in [6.07, 6.45) is 0.136. The standard InChI is InChI=1S/C7H15O/c1-6(2)5-8-7(3)4/h6-7H,3,5H2,1-2,4H3. The Morgan fingerprint density at radius 3 is 2.00 bits per heavy atom. The Balaban J connectivity index is 2.93. The van der Waals surface area contributed by atoms with Gasteiger partial charge in [0.25, 0.3) is 0 Å². The molecule has 1 nitrogen and oxygen atoms in total. The van der Waals surface area contributed by atoms with Gasteiger partial charge in [-0.05, 0) is 19.8 Å². The molecule has 1 unspecified atom stereocenters. The molecule has 0 bridgehead atoms. The molecule has 0 spiro atoms. The summed E-state index contributed by atoms with van der Waals surface area (Å²) < 4.78 is 5.19. The summed E-state index contributed by atoms with van der Waals surface area (Å²) in [5.41, 5.74) is 0. The molecule has 8 heavy (non-hydrogen) atoms. The molecule has 0 amide bonds. The first-order valence-electron chi connectivity index (χ1n) is 3.07. The van der Waals surface area contributed by atoms with Crippen molar-refractivity contribution in [2.45, 2.75) is 26.9 Å². The minimum Gasteiger partial charge on any atom is -0.378 e. The third kappa shape index (κ3) is 5.96. The van der Waals surface area contributed by atoms with Crippen molar-refractivity contribution < 1.29 is 4.74 Å². The molecule has 0 fully saturated rings. The highest BCUT2D eigenvalue weighted by Crippen LogP contribution is 1.95. The fourth-order valence-electron chi connectivity index (χ4n) is 0.357. The number of rotatable bonds is 3. The molecule has 0 aliphatic heterocycles. The zero-order valence-electron chi connectivity index (χ0n) is 5.98. The fourth-order valence-corrected chi connectivity index (χ4v) is 0.357. The van der Waals surface area contributed by atoms with E-state index in [1.165, 1.54) is 0 Å². The first-order valence-corrected chi connectivity index (χ1v) is 3.07. The summed E-state index contributed by atoms with van der Waals surface area (Å²) in [5.74, 6) is 0.624. The smallest absolute Gasteiger partial charge is 0.0548 e. The van der Waals surface area contributed by atoms with Crippen LogP contribution in [0.4, 0.5) is 0 Å². The van der Waals surface area contributed by atoms with Gasteiger partial charge in [0.1, 0.15) is 0 Å².